The SMILES string of the molecule is CC1(C)c2cc(-c3ccc(-c4ccc(-c5ccccc5)cc4)cc3)ccc2-c2ccc(N3c4cc(c5c6ccccc6c6ccccc6c5c4)-c4cc(-c5ccccc5)ccc4-c4ccccc43)cc21. The summed E-state index contributed by atoms with van der Waals surface area (Å²) >= 11 is 0. The molecule has 1 heterocycles. The van der Waals surface area contributed by atoms with Gasteiger partial charge in [-0.3, -0.25) is 0 Å². The van der Waals surface area contributed by atoms with Crippen LogP contribution in [0, 0.1) is 0 Å². The molecule has 0 spiro atoms. The molecule has 1 aliphatic heterocycles. The maximum atomic E-state index is 2.53. The Labute approximate surface area is 409 Å². The van der Waals surface area contributed by atoms with Crippen LogP contribution in [0.4, 0.5) is 17.1 Å². The third-order valence-electron chi connectivity index (χ3n) is 15.4. The summed E-state index contributed by atoms with van der Waals surface area (Å²) in [7, 11) is 0. The highest BCUT2D eigenvalue weighted by Gasteiger charge is 2.37. The van der Waals surface area contributed by atoms with Crippen LogP contribution in [0.3, 0.4) is 0 Å². The van der Waals surface area contributed by atoms with E-state index >= 15 is 0 Å². The minimum atomic E-state index is -0.233. The fourth-order valence-electron chi connectivity index (χ4n) is 11.9. The van der Waals surface area contributed by atoms with E-state index in [2.05, 4.69) is 267 Å². The van der Waals surface area contributed by atoms with Gasteiger partial charge in [0.05, 0.1) is 5.69 Å². The summed E-state index contributed by atoms with van der Waals surface area (Å²) in [6, 6.07) is 92.7. The highest BCUT2D eigenvalue weighted by atomic mass is 15.1. The monoisotopic (exact) mass is 889 g/mol. The summed E-state index contributed by atoms with van der Waals surface area (Å²) < 4.78 is 0. The molecule has 2 aliphatic rings. The Bertz CT molecular complexity index is 4050. The molecule has 0 N–H and O–H groups in total. The molecule has 70 heavy (non-hydrogen) atoms. The Kier molecular flexibility index (Phi) is 9.00. The van der Waals surface area contributed by atoms with E-state index in [4.69, 9.17) is 0 Å². The van der Waals surface area contributed by atoms with Gasteiger partial charge >= 0.3 is 0 Å². The molecule has 1 heteroatoms. The predicted octanol–water partition coefficient (Wildman–Crippen LogP) is 19.2. The number of hydrogen-bond acceptors (Lipinski definition) is 1. The summed E-state index contributed by atoms with van der Waals surface area (Å²) in [6.07, 6.45) is 0. The Hall–Kier alpha value is -8.78. The van der Waals surface area contributed by atoms with Gasteiger partial charge in [-0.2, -0.15) is 0 Å². The van der Waals surface area contributed by atoms with Crippen molar-refractivity contribution in [2.24, 2.45) is 0 Å². The van der Waals surface area contributed by atoms with Crippen LogP contribution >= 0.6 is 0 Å². The Balaban J connectivity index is 0.901. The van der Waals surface area contributed by atoms with E-state index in [0.717, 1.165) is 17.1 Å². The second kappa shape index (κ2) is 15.6. The van der Waals surface area contributed by atoms with Crippen molar-refractivity contribution < 1.29 is 0 Å². The second-order valence-corrected chi connectivity index (χ2v) is 19.6. The second-order valence-electron chi connectivity index (χ2n) is 19.6. The van der Waals surface area contributed by atoms with Crippen LogP contribution in [0.15, 0.2) is 249 Å². The quantitative estimate of drug-likeness (QED) is 0.156. The Morgan fingerprint density at radius 3 is 1.34 bits per heavy atom. The van der Waals surface area contributed by atoms with Gasteiger partial charge < -0.3 is 4.90 Å². The largest absolute Gasteiger partial charge is 0.310 e. The van der Waals surface area contributed by atoms with E-state index < -0.39 is 0 Å². The summed E-state index contributed by atoms with van der Waals surface area (Å²) in [6.45, 7) is 4.81. The lowest BCUT2D eigenvalue weighted by Crippen LogP contribution is -2.17. The first-order chi connectivity index (χ1) is 34.5. The van der Waals surface area contributed by atoms with Gasteiger partial charge in [0, 0.05) is 22.4 Å². The first-order valence-corrected chi connectivity index (χ1v) is 24.5. The predicted molar refractivity (Wildman–Crippen MR) is 297 cm³/mol. The Morgan fingerprint density at radius 2 is 0.700 bits per heavy atom. The van der Waals surface area contributed by atoms with Gasteiger partial charge in [0.2, 0.25) is 0 Å². The van der Waals surface area contributed by atoms with E-state index in [-0.39, 0.29) is 5.41 Å². The number of para-hydroxylation sites is 1. The van der Waals surface area contributed by atoms with Crippen LogP contribution in [0.1, 0.15) is 25.0 Å². The molecule has 1 nitrogen and oxygen atoms in total. The van der Waals surface area contributed by atoms with Crippen molar-refractivity contribution in [2.75, 3.05) is 4.90 Å². The zero-order chi connectivity index (χ0) is 46.5. The van der Waals surface area contributed by atoms with Gasteiger partial charge in [0.25, 0.3) is 0 Å². The van der Waals surface area contributed by atoms with Crippen LogP contribution in [0.2, 0.25) is 0 Å². The number of fused-ring (bicyclic) bond motifs is 16. The number of anilines is 3. The first-order valence-electron chi connectivity index (χ1n) is 24.5. The molecule has 14 rings (SSSR count). The standard InChI is InChI=1S/C69H47N/c1-69(2)65-40-51(49-31-29-48(30-32-49)47-27-25-46(26-28-47)44-15-5-3-6-16-44)34-37-58(65)59-38-35-52(43-66(59)69)70-53-41-63-56-21-10-9-19-54(56)55-20-11-12-23-61(55)68(63)64(42-53)62-39-50(45-17-7-4-8-18-45)33-36-57(62)60-22-13-14-24-67(60)70/h3-43H,1-2H3. The summed E-state index contributed by atoms with van der Waals surface area (Å²) in [5, 5.41) is 7.64. The van der Waals surface area contributed by atoms with Gasteiger partial charge in [-0.15, -0.1) is 0 Å². The molecule has 1 aliphatic carbocycles. The summed E-state index contributed by atoms with van der Waals surface area (Å²) in [5.41, 5.74) is 23.3. The Morgan fingerprint density at radius 1 is 0.257 bits per heavy atom. The normalized spacial score (nSPS) is 13.1. The number of hydrogen-bond donors (Lipinski definition) is 0. The zero-order valence-electron chi connectivity index (χ0n) is 39.1. The molecular formula is C69H47N. The minimum absolute atomic E-state index is 0.233. The van der Waals surface area contributed by atoms with Crippen molar-refractivity contribution in [1.82, 2.24) is 0 Å². The van der Waals surface area contributed by atoms with Crippen molar-refractivity contribution in [1.29, 1.82) is 0 Å². The molecule has 0 radical (unpaired) electrons. The molecule has 12 aromatic carbocycles. The number of rotatable bonds is 5. The number of benzene rings is 12. The van der Waals surface area contributed by atoms with Crippen LogP contribution in [-0.2, 0) is 5.41 Å². The lowest BCUT2D eigenvalue weighted by Gasteiger charge is -2.33. The average Bonchev–Trinajstić information content (AvgIpc) is 3.65. The molecule has 0 amide bonds. The molecule has 0 saturated heterocycles. The highest BCUT2D eigenvalue weighted by Crippen LogP contribution is 2.55. The third-order valence-corrected chi connectivity index (χ3v) is 15.4. The maximum absolute atomic E-state index is 2.53. The first kappa shape index (κ1) is 40.3. The molecule has 0 atom stereocenters. The van der Waals surface area contributed by atoms with E-state index in [0.29, 0.717) is 0 Å². The molecule has 0 unspecified atom stereocenters. The van der Waals surface area contributed by atoms with Crippen LogP contribution in [0.5, 0.6) is 0 Å². The molecule has 0 aromatic heterocycles. The van der Waals surface area contributed by atoms with Crippen molar-refractivity contribution in [3.63, 3.8) is 0 Å². The van der Waals surface area contributed by atoms with Gasteiger partial charge in [0.15, 0.2) is 0 Å². The number of nitrogens with zero attached hydrogens (tertiary/aromatic N) is 1. The zero-order valence-corrected chi connectivity index (χ0v) is 39.1. The maximum Gasteiger partial charge on any atom is 0.0540 e. The molecule has 328 valence electrons. The van der Waals surface area contributed by atoms with Crippen LogP contribution in [-0.4, -0.2) is 0 Å². The van der Waals surface area contributed by atoms with E-state index in [1.165, 1.54) is 121 Å². The fraction of sp³-hybridized carbons (Fsp3) is 0.0435. The molecule has 0 fully saturated rings. The van der Waals surface area contributed by atoms with Crippen molar-refractivity contribution in [2.45, 2.75) is 19.3 Å². The van der Waals surface area contributed by atoms with Gasteiger partial charge in [-0.25, -0.2) is 0 Å². The van der Waals surface area contributed by atoms with Gasteiger partial charge in [-0.1, -0.05) is 220 Å². The molecule has 12 aromatic rings. The minimum Gasteiger partial charge on any atom is -0.310 e. The summed E-state index contributed by atoms with van der Waals surface area (Å²) in [5.74, 6) is 0. The molecular weight excluding hydrogens is 843 g/mol. The van der Waals surface area contributed by atoms with E-state index in [1.807, 2.05) is 0 Å². The van der Waals surface area contributed by atoms with Crippen LogP contribution < -0.4 is 4.90 Å². The molecule has 2 bridgehead atoms. The van der Waals surface area contributed by atoms with Gasteiger partial charge in [0.1, 0.15) is 0 Å². The van der Waals surface area contributed by atoms with E-state index in [1.54, 1.807) is 0 Å². The lowest BCUT2D eigenvalue weighted by atomic mass is 9.81. The van der Waals surface area contributed by atoms with Crippen LogP contribution in [0.25, 0.3) is 110 Å². The lowest BCUT2D eigenvalue weighted by molar-refractivity contribution is 0.660. The van der Waals surface area contributed by atoms with Crippen molar-refractivity contribution in [3.8, 4) is 77.9 Å². The average molecular weight is 890 g/mol. The topological polar surface area (TPSA) is 3.24 Å². The smallest absolute Gasteiger partial charge is 0.0540 e. The van der Waals surface area contributed by atoms with Crippen molar-refractivity contribution in [3.05, 3.63) is 260 Å². The van der Waals surface area contributed by atoms with Gasteiger partial charge in [-0.05, 0) is 158 Å². The van der Waals surface area contributed by atoms with Crippen molar-refractivity contribution >= 4 is 49.4 Å². The highest BCUT2D eigenvalue weighted by molar-refractivity contribution is 6.30. The third kappa shape index (κ3) is 6.25. The fourth-order valence-corrected chi connectivity index (χ4v) is 11.9. The van der Waals surface area contributed by atoms with E-state index in [9.17, 15) is 0 Å². The molecule has 0 saturated carbocycles. The summed E-state index contributed by atoms with van der Waals surface area (Å²) in [4.78, 5) is 2.53.